The van der Waals surface area contributed by atoms with Gasteiger partial charge in [-0.3, -0.25) is 33.7 Å². The minimum absolute atomic E-state index is 0.00000397. The van der Waals surface area contributed by atoms with E-state index >= 15 is 0 Å². The van der Waals surface area contributed by atoms with Crippen LogP contribution in [0.4, 0.5) is 4.79 Å². The second kappa shape index (κ2) is 15.6. The number of fused-ring (bicyclic) bond motifs is 1. The summed E-state index contributed by atoms with van der Waals surface area (Å²) in [5.41, 5.74) is -1.95. The van der Waals surface area contributed by atoms with Crippen molar-refractivity contribution in [1.82, 2.24) is 31.1 Å². The van der Waals surface area contributed by atoms with Gasteiger partial charge in [0.05, 0.1) is 12.1 Å². The summed E-state index contributed by atoms with van der Waals surface area (Å²) in [5, 5.41) is 11.3. The number of carbonyl (C=O) groups excluding carboxylic acids is 7. The first kappa shape index (κ1) is 41.9. The normalized spacial score (nSPS) is 24.2. The highest BCUT2D eigenvalue weighted by Gasteiger charge is 2.70. The molecule has 0 radical (unpaired) electrons. The Labute approximate surface area is 304 Å². The standard InChI is InChI=1S/C38H64N6O7/c1-13-15-16-23(29(47)32(49)39-17-14-2)40-31(48)28-27-22(38(27,11)12)20-44(28)33(50)30(36(6,7)8)42-34(51)41-24(35(3,4)5)21-43-25(45)18-37(9,10)19-26(43)46/h22-24,27-28,30H,13-21H2,1-12H3,(H,39,49)(H,40,48)(H2,41,42,51)/t22-,23?,24+,27-,28-,30+/m0/s1. The highest BCUT2D eigenvalue weighted by molar-refractivity contribution is 6.38. The van der Waals surface area contributed by atoms with Crippen LogP contribution in [0.1, 0.15) is 122 Å². The summed E-state index contributed by atoms with van der Waals surface area (Å²) in [6.07, 6.45) is 2.81. The SMILES string of the molecule is CCCCC(NC(=O)[C@@H]1[C@@H]2[C@H](CN1C(=O)[C@@H](NC(=O)N[C@H](CN1C(=O)CC(C)(C)CC1=O)C(C)(C)C)C(C)(C)C)C2(C)C)C(=O)C(=O)NCCC. The number of unbranched alkanes of at least 4 members (excludes halogenated alkanes) is 1. The number of nitrogens with zero attached hydrogens (tertiary/aromatic N) is 2. The molecule has 0 bridgehead atoms. The summed E-state index contributed by atoms with van der Waals surface area (Å²) in [4.78, 5) is 96.7. The summed E-state index contributed by atoms with van der Waals surface area (Å²) in [6.45, 7) is 23.6. The summed E-state index contributed by atoms with van der Waals surface area (Å²) < 4.78 is 0. The lowest BCUT2D eigenvalue weighted by Gasteiger charge is -2.40. The number of hydrogen-bond donors (Lipinski definition) is 4. The maximum absolute atomic E-state index is 14.5. The van der Waals surface area contributed by atoms with E-state index in [9.17, 15) is 33.6 Å². The third-order valence-corrected chi connectivity index (χ3v) is 11.0. The third kappa shape index (κ3) is 9.88. The molecule has 288 valence electrons. The Kier molecular flexibility index (Phi) is 12.8. The average molecular weight is 717 g/mol. The van der Waals surface area contributed by atoms with Gasteiger partial charge in [0.1, 0.15) is 12.1 Å². The summed E-state index contributed by atoms with van der Waals surface area (Å²) in [6, 6.07) is -4.19. The van der Waals surface area contributed by atoms with Gasteiger partial charge in [0.2, 0.25) is 29.4 Å². The predicted molar refractivity (Wildman–Crippen MR) is 194 cm³/mol. The van der Waals surface area contributed by atoms with Crippen LogP contribution in [0.3, 0.4) is 0 Å². The molecule has 51 heavy (non-hydrogen) atoms. The molecule has 7 amide bonds. The van der Waals surface area contributed by atoms with Gasteiger partial charge >= 0.3 is 6.03 Å². The quantitative estimate of drug-likeness (QED) is 0.157. The van der Waals surface area contributed by atoms with Crippen molar-refractivity contribution in [3.8, 4) is 0 Å². The summed E-state index contributed by atoms with van der Waals surface area (Å²) >= 11 is 0. The molecule has 13 heteroatoms. The highest BCUT2D eigenvalue weighted by atomic mass is 16.2. The first-order chi connectivity index (χ1) is 23.4. The van der Waals surface area contributed by atoms with E-state index in [1.165, 1.54) is 9.80 Å². The lowest BCUT2D eigenvalue weighted by molar-refractivity contribution is -0.153. The van der Waals surface area contributed by atoms with Crippen molar-refractivity contribution in [3.05, 3.63) is 0 Å². The molecule has 3 aliphatic rings. The number of piperidine rings is 2. The van der Waals surface area contributed by atoms with Crippen LogP contribution in [-0.4, -0.2) is 95.0 Å². The Morgan fingerprint density at radius 1 is 0.843 bits per heavy atom. The van der Waals surface area contributed by atoms with Crippen LogP contribution in [0, 0.1) is 33.5 Å². The van der Waals surface area contributed by atoms with Crippen LogP contribution in [0.25, 0.3) is 0 Å². The Morgan fingerprint density at radius 3 is 1.94 bits per heavy atom. The van der Waals surface area contributed by atoms with Gasteiger partial charge in [0, 0.05) is 32.5 Å². The number of ketones is 1. The number of carbonyl (C=O) groups is 7. The Bertz CT molecular complexity index is 1360. The Morgan fingerprint density at radius 2 is 1.43 bits per heavy atom. The van der Waals surface area contributed by atoms with Crippen molar-refractivity contribution in [3.63, 3.8) is 0 Å². The Balaban J connectivity index is 1.83. The van der Waals surface area contributed by atoms with E-state index < -0.39 is 69.9 Å². The monoisotopic (exact) mass is 716 g/mol. The molecule has 6 atom stereocenters. The van der Waals surface area contributed by atoms with Gasteiger partial charge in [-0.05, 0) is 46.3 Å². The van der Waals surface area contributed by atoms with Crippen LogP contribution in [0.2, 0.25) is 0 Å². The number of likely N-dealkylation sites (tertiary alicyclic amines) is 2. The van der Waals surface area contributed by atoms with Gasteiger partial charge in [-0.2, -0.15) is 0 Å². The number of hydrogen-bond acceptors (Lipinski definition) is 7. The van der Waals surface area contributed by atoms with E-state index in [1.54, 1.807) is 0 Å². The molecule has 3 rings (SSSR count). The fourth-order valence-electron chi connectivity index (χ4n) is 7.51. The topological polar surface area (TPSA) is 174 Å². The molecule has 2 saturated heterocycles. The zero-order chi connectivity index (χ0) is 38.9. The first-order valence-electron chi connectivity index (χ1n) is 18.7. The van der Waals surface area contributed by atoms with Crippen molar-refractivity contribution in [2.75, 3.05) is 19.6 Å². The number of amides is 7. The van der Waals surface area contributed by atoms with Gasteiger partial charge < -0.3 is 26.2 Å². The predicted octanol–water partition coefficient (Wildman–Crippen LogP) is 3.54. The maximum atomic E-state index is 14.5. The van der Waals surface area contributed by atoms with Crippen molar-refractivity contribution >= 4 is 41.4 Å². The van der Waals surface area contributed by atoms with Crippen LogP contribution in [0.15, 0.2) is 0 Å². The lowest BCUT2D eigenvalue weighted by Crippen LogP contribution is -2.63. The fraction of sp³-hybridized carbons (Fsp3) is 0.816. The molecule has 1 aliphatic carbocycles. The smallest absolute Gasteiger partial charge is 0.315 e. The zero-order valence-electron chi connectivity index (χ0n) is 33.1. The molecule has 13 nitrogen and oxygen atoms in total. The second-order valence-electron chi connectivity index (χ2n) is 18.5. The number of urea groups is 1. The molecule has 0 aromatic rings. The van der Waals surface area contributed by atoms with E-state index in [2.05, 4.69) is 35.1 Å². The molecule has 2 aliphatic heterocycles. The van der Waals surface area contributed by atoms with Gasteiger partial charge in [-0.1, -0.05) is 95.9 Å². The highest BCUT2D eigenvalue weighted by Crippen LogP contribution is 2.65. The van der Waals surface area contributed by atoms with Crippen LogP contribution in [0.5, 0.6) is 0 Å². The van der Waals surface area contributed by atoms with Gasteiger partial charge in [-0.15, -0.1) is 0 Å². The molecule has 0 aromatic heterocycles. The molecule has 4 N–H and O–H groups in total. The molecule has 0 aromatic carbocycles. The van der Waals surface area contributed by atoms with E-state index in [0.717, 1.165) is 6.42 Å². The molecule has 0 spiro atoms. The molecule has 1 unspecified atom stereocenters. The molecule has 3 fully saturated rings. The van der Waals surface area contributed by atoms with Crippen LogP contribution >= 0.6 is 0 Å². The number of rotatable bonds is 14. The summed E-state index contributed by atoms with van der Waals surface area (Å²) in [5.74, 6) is -3.01. The van der Waals surface area contributed by atoms with E-state index in [4.69, 9.17) is 0 Å². The molecule has 2 heterocycles. The van der Waals surface area contributed by atoms with Gasteiger partial charge in [-0.25, -0.2) is 4.79 Å². The van der Waals surface area contributed by atoms with Crippen molar-refractivity contribution in [2.24, 2.45) is 33.5 Å². The fourth-order valence-corrected chi connectivity index (χ4v) is 7.51. The molecule has 1 saturated carbocycles. The number of nitrogens with one attached hydrogen (secondary N) is 4. The van der Waals surface area contributed by atoms with Gasteiger partial charge in [0.25, 0.3) is 5.91 Å². The summed E-state index contributed by atoms with van der Waals surface area (Å²) in [7, 11) is 0. The average Bonchev–Trinajstić information content (AvgIpc) is 3.31. The number of imide groups is 1. The first-order valence-corrected chi connectivity index (χ1v) is 18.7. The van der Waals surface area contributed by atoms with Gasteiger partial charge in [0.15, 0.2) is 0 Å². The lowest BCUT2D eigenvalue weighted by atomic mass is 9.80. The minimum Gasteiger partial charge on any atom is -0.349 e. The Hall–Kier alpha value is -3.51. The van der Waals surface area contributed by atoms with Crippen LogP contribution < -0.4 is 21.3 Å². The van der Waals surface area contributed by atoms with Crippen molar-refractivity contribution < 1.29 is 33.6 Å². The van der Waals surface area contributed by atoms with Crippen molar-refractivity contribution in [1.29, 1.82) is 0 Å². The molecular weight excluding hydrogens is 652 g/mol. The number of Topliss-reactive ketones (excluding diaryl/α,β-unsaturated/α-hetero) is 1. The zero-order valence-corrected chi connectivity index (χ0v) is 33.1. The van der Waals surface area contributed by atoms with E-state index in [0.29, 0.717) is 32.4 Å². The third-order valence-electron chi connectivity index (χ3n) is 11.0. The maximum Gasteiger partial charge on any atom is 0.315 e. The van der Waals surface area contributed by atoms with E-state index in [-0.39, 0.29) is 48.5 Å². The minimum atomic E-state index is -1.04. The van der Waals surface area contributed by atoms with Crippen molar-refractivity contribution in [2.45, 2.75) is 146 Å². The van der Waals surface area contributed by atoms with Crippen LogP contribution in [-0.2, 0) is 28.8 Å². The van der Waals surface area contributed by atoms with E-state index in [1.807, 2.05) is 69.2 Å². The largest absolute Gasteiger partial charge is 0.349 e. The molecular formula is C38H64N6O7. The second-order valence-corrected chi connectivity index (χ2v) is 18.5.